The van der Waals surface area contributed by atoms with E-state index in [0.29, 0.717) is 18.3 Å². The fourth-order valence-electron chi connectivity index (χ4n) is 3.43. The van der Waals surface area contributed by atoms with E-state index in [2.05, 4.69) is 49.4 Å². The number of aromatic nitrogens is 3. The third-order valence-electron chi connectivity index (χ3n) is 4.67. The minimum atomic E-state index is -0.379. The van der Waals surface area contributed by atoms with Crippen LogP contribution in [0.25, 0.3) is 21.9 Å². The summed E-state index contributed by atoms with van der Waals surface area (Å²) in [5, 5.41) is 9.54. The molecule has 0 spiro atoms. The largest absolute Gasteiger partial charge is 0.368 e. The fourth-order valence-corrected chi connectivity index (χ4v) is 3.43. The molecule has 6 nitrogen and oxygen atoms in total. The van der Waals surface area contributed by atoms with Crippen LogP contribution < -0.4 is 5.32 Å². The summed E-state index contributed by atoms with van der Waals surface area (Å²) in [5.41, 5.74) is 2.92. The summed E-state index contributed by atoms with van der Waals surface area (Å²) in [6.45, 7) is 7.74. The Balaban J connectivity index is 1.80. The van der Waals surface area contributed by atoms with Crippen LogP contribution in [0.1, 0.15) is 32.3 Å². The first kappa shape index (κ1) is 17.0. The smallest absolute Gasteiger partial charge is 0.254 e. The lowest BCUT2D eigenvalue weighted by Gasteiger charge is -2.08. The first-order chi connectivity index (χ1) is 12.5. The van der Waals surface area contributed by atoms with Gasteiger partial charge < -0.3 is 10.1 Å². The Morgan fingerprint density at radius 3 is 2.96 bits per heavy atom. The maximum Gasteiger partial charge on any atom is 0.254 e. The topological polar surface area (TPSA) is 69.0 Å². The van der Waals surface area contributed by atoms with Gasteiger partial charge in [-0.1, -0.05) is 25.5 Å². The minimum Gasteiger partial charge on any atom is -0.368 e. The Labute approximate surface area is 152 Å². The lowest BCUT2D eigenvalue weighted by atomic mass is 10.1. The summed E-state index contributed by atoms with van der Waals surface area (Å²) in [4.78, 5) is 17.3. The van der Waals surface area contributed by atoms with Gasteiger partial charge in [-0.05, 0) is 43.9 Å². The van der Waals surface area contributed by atoms with Crippen LogP contribution in [0.2, 0.25) is 0 Å². The number of fused-ring (bicyclic) bond motifs is 2. The lowest BCUT2D eigenvalue weighted by Crippen LogP contribution is -2.27. The molecule has 1 aliphatic rings. The molecule has 1 saturated heterocycles. The third kappa shape index (κ3) is 3.17. The quantitative estimate of drug-likeness (QED) is 0.778. The monoisotopic (exact) mass is 352 g/mol. The number of pyridine rings is 1. The Kier molecular flexibility index (Phi) is 4.36. The summed E-state index contributed by atoms with van der Waals surface area (Å²) in [6, 6.07) is 8.26. The van der Waals surface area contributed by atoms with E-state index >= 15 is 0 Å². The number of rotatable bonds is 4. The molecule has 1 amide bonds. The summed E-state index contributed by atoms with van der Waals surface area (Å²) in [7, 11) is 0. The number of hydrogen-bond acceptors (Lipinski definition) is 4. The van der Waals surface area contributed by atoms with Crippen molar-refractivity contribution in [2.75, 3.05) is 11.9 Å². The highest BCUT2D eigenvalue weighted by atomic mass is 16.5. The van der Waals surface area contributed by atoms with Gasteiger partial charge in [-0.25, -0.2) is 9.67 Å². The molecule has 0 bridgehead atoms. The molecule has 0 aliphatic carbocycles. The van der Waals surface area contributed by atoms with Crippen LogP contribution in [0, 0.1) is 12.8 Å². The molecule has 1 fully saturated rings. The van der Waals surface area contributed by atoms with Crippen molar-refractivity contribution in [2.45, 2.75) is 46.3 Å². The first-order valence-corrected chi connectivity index (χ1v) is 9.21. The zero-order valence-electron chi connectivity index (χ0n) is 15.5. The van der Waals surface area contributed by atoms with Gasteiger partial charge in [0, 0.05) is 18.5 Å². The highest BCUT2D eigenvalue weighted by Crippen LogP contribution is 2.27. The van der Waals surface area contributed by atoms with Crippen molar-refractivity contribution < 1.29 is 9.53 Å². The maximum absolute atomic E-state index is 12.5. The number of hydrogen-bond donors (Lipinski definition) is 1. The molecule has 136 valence electrons. The Bertz CT molecular complexity index is 971. The van der Waals surface area contributed by atoms with Gasteiger partial charge in [0.05, 0.1) is 10.9 Å². The van der Waals surface area contributed by atoms with Gasteiger partial charge in [0.15, 0.2) is 11.5 Å². The number of benzene rings is 1. The summed E-state index contributed by atoms with van der Waals surface area (Å²) < 4.78 is 7.39. The zero-order valence-corrected chi connectivity index (χ0v) is 15.5. The highest BCUT2D eigenvalue weighted by molar-refractivity contribution is 6.03. The average Bonchev–Trinajstić information content (AvgIpc) is 3.22. The SMILES string of the molecule is Cc1ccc2nc3c(cc2c1)c(NC(=O)[C@H]1CCCO1)nn3CC(C)C. The van der Waals surface area contributed by atoms with Crippen LogP contribution in [0.3, 0.4) is 0 Å². The van der Waals surface area contributed by atoms with Gasteiger partial charge in [-0.15, -0.1) is 0 Å². The van der Waals surface area contributed by atoms with E-state index < -0.39 is 0 Å². The molecular weight excluding hydrogens is 328 g/mol. The Hall–Kier alpha value is -2.47. The molecule has 2 aromatic heterocycles. The molecule has 1 aromatic carbocycles. The van der Waals surface area contributed by atoms with E-state index in [1.807, 2.05) is 10.7 Å². The molecule has 3 heterocycles. The van der Waals surface area contributed by atoms with Gasteiger partial charge in [-0.2, -0.15) is 5.10 Å². The summed E-state index contributed by atoms with van der Waals surface area (Å²) in [5.74, 6) is 0.871. The second-order valence-electron chi connectivity index (χ2n) is 7.47. The normalized spacial score (nSPS) is 17.5. The van der Waals surface area contributed by atoms with E-state index in [4.69, 9.17) is 9.72 Å². The second-order valence-corrected chi connectivity index (χ2v) is 7.47. The molecule has 26 heavy (non-hydrogen) atoms. The molecule has 1 N–H and O–H groups in total. The van der Waals surface area contributed by atoms with E-state index in [1.165, 1.54) is 5.56 Å². The molecule has 4 rings (SSSR count). The number of nitrogens with one attached hydrogen (secondary N) is 1. The van der Waals surface area contributed by atoms with Gasteiger partial charge in [-0.3, -0.25) is 4.79 Å². The standard InChI is InChI=1S/C20H24N4O2/c1-12(2)11-24-19-15(10-14-9-13(3)6-7-16(14)21-19)18(23-24)22-20(25)17-5-4-8-26-17/h6-7,9-10,12,17H,4-5,8,11H2,1-3H3,(H,22,23,25)/t17-/m1/s1. The van der Waals surface area contributed by atoms with Gasteiger partial charge >= 0.3 is 0 Å². The van der Waals surface area contributed by atoms with Crippen LogP contribution in [-0.2, 0) is 16.1 Å². The van der Waals surface area contributed by atoms with Crippen LogP contribution in [0.5, 0.6) is 0 Å². The van der Waals surface area contributed by atoms with Crippen LogP contribution in [0.15, 0.2) is 24.3 Å². The van der Waals surface area contributed by atoms with Crippen molar-refractivity contribution in [2.24, 2.45) is 5.92 Å². The molecule has 1 aliphatic heterocycles. The number of aryl methyl sites for hydroxylation is 1. The van der Waals surface area contributed by atoms with Crippen molar-refractivity contribution in [1.29, 1.82) is 0 Å². The lowest BCUT2D eigenvalue weighted by molar-refractivity contribution is -0.124. The molecule has 1 atom stereocenters. The predicted octanol–water partition coefficient (Wildman–Crippen LogP) is 3.67. The van der Waals surface area contributed by atoms with Gasteiger partial charge in [0.25, 0.3) is 5.91 Å². The zero-order chi connectivity index (χ0) is 18.3. The number of carbonyl (C=O) groups excluding carboxylic acids is 1. The number of ether oxygens (including phenoxy) is 1. The Morgan fingerprint density at radius 2 is 2.23 bits per heavy atom. The van der Waals surface area contributed by atoms with Gasteiger partial charge in [0.1, 0.15) is 6.10 Å². The summed E-state index contributed by atoms with van der Waals surface area (Å²) in [6.07, 6.45) is 1.30. The van der Waals surface area contributed by atoms with E-state index in [-0.39, 0.29) is 12.0 Å². The number of carbonyl (C=O) groups is 1. The fraction of sp³-hybridized carbons (Fsp3) is 0.450. The van der Waals surface area contributed by atoms with Crippen molar-refractivity contribution in [1.82, 2.24) is 14.8 Å². The number of amides is 1. The Morgan fingerprint density at radius 1 is 1.38 bits per heavy atom. The van der Waals surface area contributed by atoms with E-state index in [1.54, 1.807) is 0 Å². The van der Waals surface area contributed by atoms with Crippen molar-refractivity contribution >= 4 is 33.7 Å². The van der Waals surface area contributed by atoms with Crippen LogP contribution >= 0.6 is 0 Å². The van der Waals surface area contributed by atoms with Crippen molar-refractivity contribution in [3.63, 3.8) is 0 Å². The second kappa shape index (κ2) is 6.68. The van der Waals surface area contributed by atoms with E-state index in [0.717, 1.165) is 41.3 Å². The highest BCUT2D eigenvalue weighted by Gasteiger charge is 2.25. The molecular formula is C20H24N4O2. The maximum atomic E-state index is 12.5. The first-order valence-electron chi connectivity index (χ1n) is 9.21. The predicted molar refractivity (Wildman–Crippen MR) is 102 cm³/mol. The van der Waals surface area contributed by atoms with E-state index in [9.17, 15) is 4.79 Å². The molecule has 0 radical (unpaired) electrons. The summed E-state index contributed by atoms with van der Waals surface area (Å²) >= 11 is 0. The molecule has 0 unspecified atom stereocenters. The van der Waals surface area contributed by atoms with Crippen LogP contribution in [-0.4, -0.2) is 33.4 Å². The average molecular weight is 352 g/mol. The third-order valence-corrected chi connectivity index (χ3v) is 4.67. The molecule has 3 aromatic rings. The van der Waals surface area contributed by atoms with Crippen molar-refractivity contribution in [3.05, 3.63) is 29.8 Å². The number of anilines is 1. The number of nitrogens with zero attached hydrogens (tertiary/aromatic N) is 3. The molecule has 6 heteroatoms. The van der Waals surface area contributed by atoms with Gasteiger partial charge in [0.2, 0.25) is 0 Å². The minimum absolute atomic E-state index is 0.122. The molecule has 0 saturated carbocycles. The van der Waals surface area contributed by atoms with Crippen LogP contribution in [0.4, 0.5) is 5.82 Å². The van der Waals surface area contributed by atoms with Crippen molar-refractivity contribution in [3.8, 4) is 0 Å².